The van der Waals surface area contributed by atoms with Crippen LogP contribution in [0.25, 0.3) is 6.08 Å². The van der Waals surface area contributed by atoms with Crippen LogP contribution >= 0.6 is 0 Å². The second kappa shape index (κ2) is 7.18. The number of fused-ring (bicyclic) bond motifs is 1. The van der Waals surface area contributed by atoms with Crippen LogP contribution in [0.15, 0.2) is 48.5 Å². The molecule has 0 saturated carbocycles. The first-order valence-electron chi connectivity index (χ1n) is 7.80. The SMILES string of the molecule is CCOC(=O)N1c2ccccc2C=C[C@H]1C#Cc1ccc(F)c(F)c1. The molecule has 0 bridgehead atoms. The fourth-order valence-electron chi connectivity index (χ4n) is 2.53. The minimum Gasteiger partial charge on any atom is -0.449 e. The zero-order valence-corrected chi connectivity index (χ0v) is 13.5. The summed E-state index contributed by atoms with van der Waals surface area (Å²) in [5.41, 5.74) is 1.89. The zero-order chi connectivity index (χ0) is 17.8. The number of ether oxygens (including phenoxy) is 1. The molecule has 3 rings (SSSR count). The molecule has 3 nitrogen and oxygen atoms in total. The molecule has 0 spiro atoms. The van der Waals surface area contributed by atoms with Gasteiger partial charge in [0.05, 0.1) is 12.3 Å². The van der Waals surface area contributed by atoms with Gasteiger partial charge in [-0.1, -0.05) is 36.1 Å². The minimum atomic E-state index is -0.960. The lowest BCUT2D eigenvalue weighted by Gasteiger charge is -2.30. The normalized spacial score (nSPS) is 15.2. The standard InChI is InChI=1S/C20H15F2NO2/c1-2-25-20(24)23-16(11-9-15-5-3-4-6-19(15)23)10-7-14-8-12-17(21)18(22)13-14/h3-6,8-9,11-13,16H,2H2,1H3/t16-/m1/s1. The van der Waals surface area contributed by atoms with Crippen LogP contribution < -0.4 is 4.90 Å². The highest BCUT2D eigenvalue weighted by molar-refractivity contribution is 5.94. The van der Waals surface area contributed by atoms with E-state index < -0.39 is 23.8 Å². The van der Waals surface area contributed by atoms with Crippen molar-refractivity contribution in [1.29, 1.82) is 0 Å². The van der Waals surface area contributed by atoms with Crippen molar-refractivity contribution < 1.29 is 18.3 Å². The molecule has 0 N–H and O–H groups in total. The summed E-state index contributed by atoms with van der Waals surface area (Å²) in [5, 5.41) is 0. The Morgan fingerprint density at radius 2 is 2.00 bits per heavy atom. The molecule has 126 valence electrons. The number of anilines is 1. The molecule has 0 radical (unpaired) electrons. The first kappa shape index (κ1) is 16.7. The van der Waals surface area contributed by atoms with E-state index >= 15 is 0 Å². The highest BCUT2D eigenvalue weighted by atomic mass is 19.2. The van der Waals surface area contributed by atoms with Crippen LogP contribution in [0.1, 0.15) is 18.1 Å². The summed E-state index contributed by atoms with van der Waals surface area (Å²) in [6.45, 7) is 1.97. The molecule has 1 aliphatic rings. The largest absolute Gasteiger partial charge is 0.449 e. The van der Waals surface area contributed by atoms with E-state index in [1.807, 2.05) is 30.3 Å². The zero-order valence-electron chi connectivity index (χ0n) is 13.5. The Bertz CT molecular complexity index is 896. The van der Waals surface area contributed by atoms with Gasteiger partial charge in [0.15, 0.2) is 11.6 Å². The lowest BCUT2D eigenvalue weighted by molar-refractivity contribution is 0.159. The smallest absolute Gasteiger partial charge is 0.415 e. The van der Waals surface area contributed by atoms with Crippen molar-refractivity contribution in [2.24, 2.45) is 0 Å². The Balaban J connectivity index is 1.96. The summed E-state index contributed by atoms with van der Waals surface area (Å²) in [4.78, 5) is 13.8. The lowest BCUT2D eigenvalue weighted by Crippen LogP contribution is -2.41. The van der Waals surface area contributed by atoms with Crippen LogP contribution in [0, 0.1) is 23.5 Å². The molecule has 1 amide bonds. The van der Waals surface area contributed by atoms with Gasteiger partial charge in [0.25, 0.3) is 0 Å². The summed E-state index contributed by atoms with van der Waals surface area (Å²) in [5.74, 6) is 3.81. The summed E-state index contributed by atoms with van der Waals surface area (Å²) >= 11 is 0. The Kier molecular flexibility index (Phi) is 4.80. The Morgan fingerprint density at radius 3 is 2.76 bits per heavy atom. The first-order chi connectivity index (χ1) is 12.1. The monoisotopic (exact) mass is 339 g/mol. The van der Waals surface area contributed by atoms with E-state index in [1.165, 1.54) is 11.0 Å². The maximum atomic E-state index is 13.3. The number of benzene rings is 2. The van der Waals surface area contributed by atoms with Gasteiger partial charge in [-0.2, -0.15) is 0 Å². The molecule has 2 aromatic rings. The van der Waals surface area contributed by atoms with Crippen LogP contribution in [0.4, 0.5) is 19.3 Å². The highest BCUT2D eigenvalue weighted by Crippen LogP contribution is 2.29. The number of nitrogens with zero attached hydrogens (tertiary/aromatic N) is 1. The van der Waals surface area contributed by atoms with Gasteiger partial charge in [0, 0.05) is 5.56 Å². The Hall–Kier alpha value is -3.13. The maximum Gasteiger partial charge on any atom is 0.415 e. The van der Waals surface area contributed by atoms with Gasteiger partial charge in [-0.15, -0.1) is 0 Å². The maximum absolute atomic E-state index is 13.3. The summed E-state index contributed by atoms with van der Waals surface area (Å²) in [6, 6.07) is 10.3. The number of amides is 1. The molecule has 0 fully saturated rings. The van der Waals surface area contributed by atoms with Gasteiger partial charge in [0.2, 0.25) is 0 Å². The van der Waals surface area contributed by atoms with Crippen LogP contribution in [-0.2, 0) is 4.74 Å². The van der Waals surface area contributed by atoms with Crippen molar-refractivity contribution in [1.82, 2.24) is 0 Å². The predicted molar refractivity (Wildman–Crippen MR) is 92.0 cm³/mol. The molecule has 5 heteroatoms. The highest BCUT2D eigenvalue weighted by Gasteiger charge is 2.27. The molecule has 0 unspecified atom stereocenters. The third-order valence-electron chi connectivity index (χ3n) is 3.68. The number of carbonyl (C=O) groups excluding carboxylic acids is 1. The molecular formula is C20H15F2NO2. The molecule has 2 aromatic carbocycles. The van der Waals surface area contributed by atoms with E-state index in [2.05, 4.69) is 11.8 Å². The number of hydrogen-bond acceptors (Lipinski definition) is 2. The van der Waals surface area contributed by atoms with Gasteiger partial charge in [0.1, 0.15) is 6.04 Å². The van der Waals surface area contributed by atoms with E-state index in [0.29, 0.717) is 11.3 Å². The van der Waals surface area contributed by atoms with Crippen molar-refractivity contribution >= 4 is 17.9 Å². The second-order valence-electron chi connectivity index (χ2n) is 5.33. The van der Waals surface area contributed by atoms with Gasteiger partial charge in [-0.25, -0.2) is 13.6 Å². The third kappa shape index (κ3) is 3.53. The Labute approximate surface area is 144 Å². The predicted octanol–water partition coefficient (Wildman–Crippen LogP) is 4.37. The van der Waals surface area contributed by atoms with E-state index in [-0.39, 0.29) is 6.61 Å². The molecule has 0 aliphatic carbocycles. The van der Waals surface area contributed by atoms with Crippen molar-refractivity contribution in [2.75, 3.05) is 11.5 Å². The van der Waals surface area contributed by atoms with E-state index in [1.54, 1.807) is 13.0 Å². The Morgan fingerprint density at radius 1 is 1.20 bits per heavy atom. The van der Waals surface area contributed by atoms with Crippen molar-refractivity contribution in [3.8, 4) is 11.8 Å². The van der Waals surface area contributed by atoms with Gasteiger partial charge < -0.3 is 4.74 Å². The first-order valence-corrected chi connectivity index (χ1v) is 7.80. The number of rotatable bonds is 1. The van der Waals surface area contributed by atoms with Gasteiger partial charge >= 0.3 is 6.09 Å². The second-order valence-corrected chi connectivity index (χ2v) is 5.33. The fraction of sp³-hybridized carbons (Fsp3) is 0.150. The van der Waals surface area contributed by atoms with Crippen LogP contribution in [0.2, 0.25) is 0 Å². The molecule has 1 atom stereocenters. The van der Waals surface area contributed by atoms with Crippen LogP contribution in [0.5, 0.6) is 0 Å². The average Bonchev–Trinajstić information content (AvgIpc) is 2.62. The average molecular weight is 339 g/mol. The van der Waals surface area contributed by atoms with Crippen molar-refractivity contribution in [3.63, 3.8) is 0 Å². The van der Waals surface area contributed by atoms with Crippen LogP contribution in [-0.4, -0.2) is 18.7 Å². The number of halogens is 2. The van der Waals surface area contributed by atoms with Crippen LogP contribution in [0.3, 0.4) is 0 Å². The lowest BCUT2D eigenvalue weighted by atomic mass is 10.0. The van der Waals surface area contributed by atoms with Gasteiger partial charge in [-0.3, -0.25) is 4.90 Å². The minimum absolute atomic E-state index is 0.241. The summed E-state index contributed by atoms with van der Waals surface area (Å²) in [7, 11) is 0. The molecule has 25 heavy (non-hydrogen) atoms. The molecule has 1 heterocycles. The fourth-order valence-corrected chi connectivity index (χ4v) is 2.53. The molecule has 1 aliphatic heterocycles. The van der Waals surface area contributed by atoms with Crippen molar-refractivity contribution in [3.05, 3.63) is 71.3 Å². The molecule has 0 aromatic heterocycles. The van der Waals surface area contributed by atoms with E-state index in [9.17, 15) is 13.6 Å². The third-order valence-corrected chi connectivity index (χ3v) is 3.68. The van der Waals surface area contributed by atoms with Crippen molar-refractivity contribution in [2.45, 2.75) is 13.0 Å². The van der Waals surface area contributed by atoms with E-state index in [4.69, 9.17) is 4.74 Å². The van der Waals surface area contributed by atoms with Gasteiger partial charge in [-0.05, 0) is 42.8 Å². The molecule has 0 saturated heterocycles. The molecular weight excluding hydrogens is 324 g/mol. The quantitative estimate of drug-likeness (QED) is 0.722. The summed E-state index contributed by atoms with van der Waals surface area (Å²) in [6.07, 6.45) is 3.13. The van der Waals surface area contributed by atoms with E-state index in [0.717, 1.165) is 17.7 Å². The number of carbonyl (C=O) groups is 1. The number of hydrogen-bond donors (Lipinski definition) is 0. The summed E-state index contributed by atoms with van der Waals surface area (Å²) < 4.78 is 31.4. The number of para-hydroxylation sites is 1. The topological polar surface area (TPSA) is 29.5 Å².